The highest BCUT2D eigenvalue weighted by Crippen LogP contribution is 2.31. The van der Waals surface area contributed by atoms with E-state index in [1.165, 1.54) is 0 Å². The Labute approximate surface area is 160 Å². The van der Waals surface area contributed by atoms with Gasteiger partial charge in [0, 0.05) is 51.3 Å². The normalized spacial score (nSPS) is 11.1. The molecule has 0 unspecified atom stereocenters. The number of halogens is 1. The molecule has 0 atom stereocenters. The minimum atomic E-state index is 0.699. The van der Waals surface area contributed by atoms with Crippen molar-refractivity contribution in [2.45, 2.75) is 0 Å². The van der Waals surface area contributed by atoms with Crippen LogP contribution in [0, 0.1) is 0 Å². The molecule has 0 bridgehead atoms. The van der Waals surface area contributed by atoms with E-state index in [-0.39, 0.29) is 0 Å². The van der Waals surface area contributed by atoms with E-state index in [0.717, 1.165) is 44.4 Å². The maximum Gasteiger partial charge on any atom is 0.137 e. The Morgan fingerprint density at radius 3 is 2.78 bits per heavy atom. The van der Waals surface area contributed by atoms with E-state index in [1.54, 1.807) is 0 Å². The molecule has 0 aliphatic rings. The Bertz CT molecular complexity index is 1280. The van der Waals surface area contributed by atoms with Crippen molar-refractivity contribution in [2.75, 3.05) is 5.32 Å². The van der Waals surface area contributed by atoms with E-state index in [0.29, 0.717) is 5.02 Å². The number of benzene rings is 2. The van der Waals surface area contributed by atoms with Crippen LogP contribution < -0.4 is 5.32 Å². The molecule has 3 aromatic heterocycles. The number of rotatable bonds is 3. The maximum absolute atomic E-state index is 6.11. The molecule has 2 aromatic carbocycles. The third kappa shape index (κ3) is 3.00. The summed E-state index contributed by atoms with van der Waals surface area (Å²) in [5, 5.41) is 6.28. The van der Waals surface area contributed by atoms with Crippen molar-refractivity contribution in [3.05, 3.63) is 84.3 Å². The molecule has 0 aliphatic heterocycles. The van der Waals surface area contributed by atoms with E-state index < -0.39 is 0 Å². The number of pyridine rings is 2. The van der Waals surface area contributed by atoms with E-state index >= 15 is 0 Å². The largest absolute Gasteiger partial charge is 0.355 e. The van der Waals surface area contributed by atoms with Gasteiger partial charge in [-0.05, 0) is 54.1 Å². The number of H-pyrrole nitrogens is 1. The molecular weight excluding hydrogens is 356 g/mol. The molecular formula is C22H15ClN4. The molecule has 0 radical (unpaired) electrons. The van der Waals surface area contributed by atoms with Crippen molar-refractivity contribution >= 4 is 44.9 Å². The van der Waals surface area contributed by atoms with Crippen molar-refractivity contribution in [3.8, 4) is 11.1 Å². The summed E-state index contributed by atoms with van der Waals surface area (Å²) in [7, 11) is 0. The second-order valence-corrected chi connectivity index (χ2v) is 6.80. The number of anilines is 2. The number of fused-ring (bicyclic) bond motifs is 2. The standard InChI is InChI=1S/C22H15ClN4/c23-17-2-1-3-18(12-17)27-21-7-9-24-20-5-4-14(11-19(20)21)16-10-15-6-8-25-22(15)26-13-16/h1-13H,(H,24,27)(H,25,26). The summed E-state index contributed by atoms with van der Waals surface area (Å²) >= 11 is 6.11. The molecule has 0 aliphatic carbocycles. The summed E-state index contributed by atoms with van der Waals surface area (Å²) in [6.07, 6.45) is 5.60. The van der Waals surface area contributed by atoms with Gasteiger partial charge in [-0.1, -0.05) is 23.7 Å². The average Bonchev–Trinajstić information content (AvgIpc) is 3.16. The molecule has 0 spiro atoms. The summed E-state index contributed by atoms with van der Waals surface area (Å²) < 4.78 is 0. The molecule has 4 nitrogen and oxygen atoms in total. The Balaban J connectivity index is 1.61. The van der Waals surface area contributed by atoms with Crippen LogP contribution in [0.25, 0.3) is 33.1 Å². The summed E-state index contributed by atoms with van der Waals surface area (Å²) in [6, 6.07) is 20.1. The lowest BCUT2D eigenvalue weighted by Crippen LogP contribution is -1.93. The maximum atomic E-state index is 6.11. The number of aromatic amines is 1. The van der Waals surface area contributed by atoms with Gasteiger partial charge in [0.25, 0.3) is 0 Å². The van der Waals surface area contributed by atoms with Gasteiger partial charge in [0.1, 0.15) is 5.65 Å². The smallest absolute Gasteiger partial charge is 0.137 e. The second kappa shape index (κ2) is 6.41. The van der Waals surface area contributed by atoms with E-state index in [9.17, 15) is 0 Å². The van der Waals surface area contributed by atoms with Gasteiger partial charge in [-0.15, -0.1) is 0 Å². The molecule has 0 saturated heterocycles. The highest BCUT2D eigenvalue weighted by Gasteiger charge is 2.07. The van der Waals surface area contributed by atoms with Crippen molar-refractivity contribution in [2.24, 2.45) is 0 Å². The van der Waals surface area contributed by atoms with Crippen LogP contribution in [0.4, 0.5) is 11.4 Å². The third-order valence-corrected chi connectivity index (χ3v) is 4.81. The summed E-state index contributed by atoms with van der Waals surface area (Å²) in [4.78, 5) is 12.1. The van der Waals surface area contributed by atoms with Gasteiger partial charge in [0.15, 0.2) is 0 Å². The molecule has 2 N–H and O–H groups in total. The zero-order chi connectivity index (χ0) is 18.2. The molecule has 0 saturated carbocycles. The molecule has 5 rings (SSSR count). The van der Waals surface area contributed by atoms with E-state index in [1.807, 2.05) is 61.1 Å². The van der Waals surface area contributed by atoms with E-state index in [2.05, 4.69) is 38.5 Å². The summed E-state index contributed by atoms with van der Waals surface area (Å²) in [6.45, 7) is 0. The first-order valence-electron chi connectivity index (χ1n) is 8.61. The van der Waals surface area contributed by atoms with Crippen LogP contribution in [0.1, 0.15) is 0 Å². The van der Waals surface area contributed by atoms with Crippen LogP contribution in [-0.2, 0) is 0 Å². The molecule has 5 aromatic rings. The second-order valence-electron chi connectivity index (χ2n) is 6.37. The number of aromatic nitrogens is 3. The lowest BCUT2D eigenvalue weighted by Gasteiger charge is -2.11. The average molecular weight is 371 g/mol. The monoisotopic (exact) mass is 370 g/mol. The summed E-state index contributed by atoms with van der Waals surface area (Å²) in [5.74, 6) is 0. The quantitative estimate of drug-likeness (QED) is 0.399. The van der Waals surface area contributed by atoms with Crippen LogP contribution in [0.5, 0.6) is 0 Å². The predicted molar refractivity (Wildman–Crippen MR) is 112 cm³/mol. The topological polar surface area (TPSA) is 53.6 Å². The number of hydrogen-bond donors (Lipinski definition) is 2. The fourth-order valence-corrected chi connectivity index (χ4v) is 3.44. The zero-order valence-corrected chi connectivity index (χ0v) is 15.0. The van der Waals surface area contributed by atoms with E-state index in [4.69, 9.17) is 11.6 Å². The van der Waals surface area contributed by atoms with Crippen LogP contribution in [-0.4, -0.2) is 15.0 Å². The minimum absolute atomic E-state index is 0.699. The highest BCUT2D eigenvalue weighted by molar-refractivity contribution is 6.30. The first-order chi connectivity index (χ1) is 13.3. The van der Waals surface area contributed by atoms with Gasteiger partial charge in [-0.2, -0.15) is 0 Å². The minimum Gasteiger partial charge on any atom is -0.355 e. The third-order valence-electron chi connectivity index (χ3n) is 4.58. The van der Waals surface area contributed by atoms with Crippen molar-refractivity contribution in [3.63, 3.8) is 0 Å². The SMILES string of the molecule is Clc1cccc(Nc2ccnc3ccc(-c4cnc5[nH]ccc5c4)cc23)c1. The van der Waals surface area contributed by atoms with Crippen LogP contribution >= 0.6 is 11.6 Å². The highest BCUT2D eigenvalue weighted by atomic mass is 35.5. The number of hydrogen-bond acceptors (Lipinski definition) is 3. The van der Waals surface area contributed by atoms with Gasteiger partial charge < -0.3 is 10.3 Å². The fourth-order valence-electron chi connectivity index (χ4n) is 3.25. The molecule has 130 valence electrons. The Kier molecular flexibility index (Phi) is 3.77. The lowest BCUT2D eigenvalue weighted by atomic mass is 10.0. The molecule has 5 heteroatoms. The molecule has 0 amide bonds. The Morgan fingerprint density at radius 1 is 0.889 bits per heavy atom. The first-order valence-corrected chi connectivity index (χ1v) is 8.99. The molecule has 3 heterocycles. The van der Waals surface area contributed by atoms with Gasteiger partial charge in [-0.3, -0.25) is 4.98 Å². The summed E-state index contributed by atoms with van der Waals surface area (Å²) in [5.41, 5.74) is 5.92. The number of nitrogens with zero attached hydrogens (tertiary/aromatic N) is 2. The van der Waals surface area contributed by atoms with Gasteiger partial charge >= 0.3 is 0 Å². The van der Waals surface area contributed by atoms with Crippen LogP contribution in [0.15, 0.2) is 79.3 Å². The Hall–Kier alpha value is -3.37. The fraction of sp³-hybridized carbons (Fsp3) is 0. The number of nitrogens with one attached hydrogen (secondary N) is 2. The first kappa shape index (κ1) is 15.9. The lowest BCUT2D eigenvalue weighted by molar-refractivity contribution is 1.32. The van der Waals surface area contributed by atoms with Crippen molar-refractivity contribution < 1.29 is 0 Å². The molecule has 27 heavy (non-hydrogen) atoms. The van der Waals surface area contributed by atoms with Crippen molar-refractivity contribution in [1.29, 1.82) is 0 Å². The van der Waals surface area contributed by atoms with Crippen LogP contribution in [0.3, 0.4) is 0 Å². The van der Waals surface area contributed by atoms with Crippen molar-refractivity contribution in [1.82, 2.24) is 15.0 Å². The van der Waals surface area contributed by atoms with Gasteiger partial charge in [0.05, 0.1) is 5.52 Å². The predicted octanol–water partition coefficient (Wildman–Crippen LogP) is 6.18. The van der Waals surface area contributed by atoms with Gasteiger partial charge in [-0.25, -0.2) is 4.98 Å². The zero-order valence-electron chi connectivity index (χ0n) is 14.3. The van der Waals surface area contributed by atoms with Gasteiger partial charge in [0.2, 0.25) is 0 Å². The van der Waals surface area contributed by atoms with Crippen LogP contribution in [0.2, 0.25) is 5.02 Å². The molecule has 0 fully saturated rings. The Morgan fingerprint density at radius 2 is 1.85 bits per heavy atom.